The molecule has 0 amide bonds. The van der Waals surface area contributed by atoms with Gasteiger partial charge in [0.25, 0.3) is 0 Å². The molecule has 3 nitrogen and oxygen atoms in total. The fourth-order valence-electron chi connectivity index (χ4n) is 10.3. The minimum atomic E-state index is -0.967. The Morgan fingerprint density at radius 1 is 1.14 bits per heavy atom. The van der Waals surface area contributed by atoms with Crippen molar-refractivity contribution in [3.63, 3.8) is 0 Å². The van der Waals surface area contributed by atoms with E-state index in [1.807, 2.05) is 0 Å². The van der Waals surface area contributed by atoms with Crippen molar-refractivity contribution >= 4 is 5.78 Å². The minimum Gasteiger partial charge on any atom is -0.386 e. The third-order valence-corrected chi connectivity index (χ3v) is 11.6. The van der Waals surface area contributed by atoms with Crippen molar-refractivity contribution in [1.82, 2.24) is 0 Å². The highest BCUT2D eigenvalue weighted by Gasteiger charge is 2.88. The maximum absolute atomic E-state index is 13.3. The Balaban J connectivity index is 1.58. The zero-order chi connectivity index (χ0) is 20.8. The van der Waals surface area contributed by atoms with Crippen LogP contribution in [0, 0.1) is 45.8 Å². The lowest BCUT2D eigenvalue weighted by Gasteiger charge is -2.60. The summed E-state index contributed by atoms with van der Waals surface area (Å²) < 4.78 is 5.82. The number of Topliss-reactive ketones (excluding diaryl/α,β-unsaturated/α-hetero) is 1. The smallest absolute Gasteiger partial charge is 0.142 e. The average Bonchev–Trinajstić information content (AvgIpc) is 3.15. The van der Waals surface area contributed by atoms with Crippen LogP contribution < -0.4 is 0 Å². The number of carbonyl (C=O) groups is 1. The molecule has 5 aliphatic rings. The van der Waals surface area contributed by atoms with Crippen LogP contribution in [-0.2, 0) is 9.53 Å². The van der Waals surface area contributed by atoms with Crippen LogP contribution in [0.5, 0.6) is 0 Å². The lowest BCUT2D eigenvalue weighted by molar-refractivity contribution is -0.183. The standard InChI is InChI=1S/C26H42O3/c1-16(2)9-10-17-7-6-8-19-18(17)11-12-25-14-13-23(3,24(19,25)4)26(28)21(29-5)15-20(27)22(25)26/h16-19,21-22,28H,6-15H2,1-5H3. The Morgan fingerprint density at radius 3 is 2.59 bits per heavy atom. The van der Waals surface area contributed by atoms with E-state index in [1.165, 1.54) is 38.5 Å². The van der Waals surface area contributed by atoms with Gasteiger partial charge in [0.05, 0.1) is 12.0 Å². The summed E-state index contributed by atoms with van der Waals surface area (Å²) in [6, 6.07) is 0. The number of hydrogen-bond donors (Lipinski definition) is 1. The first kappa shape index (κ1) is 20.5. The molecular weight excluding hydrogens is 360 g/mol. The van der Waals surface area contributed by atoms with Gasteiger partial charge in [0, 0.05) is 18.9 Å². The molecule has 5 aliphatic carbocycles. The second kappa shape index (κ2) is 6.31. The fraction of sp³-hybridized carbons (Fsp3) is 0.962. The van der Waals surface area contributed by atoms with Gasteiger partial charge in [-0.15, -0.1) is 0 Å². The molecule has 5 saturated carbocycles. The van der Waals surface area contributed by atoms with E-state index in [9.17, 15) is 9.90 Å². The van der Waals surface area contributed by atoms with E-state index in [1.54, 1.807) is 7.11 Å². The Morgan fingerprint density at radius 2 is 1.90 bits per heavy atom. The number of methoxy groups -OCH3 is 1. The van der Waals surface area contributed by atoms with Crippen LogP contribution in [0.4, 0.5) is 0 Å². The van der Waals surface area contributed by atoms with Crippen molar-refractivity contribution in [2.24, 2.45) is 45.8 Å². The van der Waals surface area contributed by atoms with Crippen LogP contribution in [0.15, 0.2) is 0 Å². The average molecular weight is 403 g/mol. The molecule has 3 heteroatoms. The van der Waals surface area contributed by atoms with Gasteiger partial charge in [-0.3, -0.25) is 4.79 Å². The van der Waals surface area contributed by atoms with Crippen LogP contribution >= 0.6 is 0 Å². The Kier molecular flexibility index (Phi) is 4.46. The number of ketones is 1. The topological polar surface area (TPSA) is 46.5 Å². The highest BCUT2D eigenvalue weighted by molar-refractivity contribution is 5.88. The highest BCUT2D eigenvalue weighted by atomic mass is 16.5. The van der Waals surface area contributed by atoms with E-state index in [0.717, 1.165) is 37.0 Å². The molecule has 0 saturated heterocycles. The largest absolute Gasteiger partial charge is 0.386 e. The van der Waals surface area contributed by atoms with Gasteiger partial charge in [0.2, 0.25) is 0 Å². The summed E-state index contributed by atoms with van der Waals surface area (Å²) in [5, 5.41) is 12.3. The maximum Gasteiger partial charge on any atom is 0.142 e. The fourth-order valence-corrected chi connectivity index (χ4v) is 10.3. The van der Waals surface area contributed by atoms with Crippen LogP contribution in [0.25, 0.3) is 0 Å². The predicted molar refractivity (Wildman–Crippen MR) is 114 cm³/mol. The summed E-state index contributed by atoms with van der Waals surface area (Å²) in [6.45, 7) is 9.56. The number of aliphatic hydroxyl groups is 1. The van der Waals surface area contributed by atoms with Crippen molar-refractivity contribution in [3.05, 3.63) is 0 Å². The van der Waals surface area contributed by atoms with Crippen LogP contribution in [-0.4, -0.2) is 29.7 Å². The first-order valence-corrected chi connectivity index (χ1v) is 12.5. The molecule has 1 N–H and O–H groups in total. The maximum atomic E-state index is 13.3. The van der Waals surface area contributed by atoms with Gasteiger partial charge in [-0.2, -0.15) is 0 Å². The van der Waals surface area contributed by atoms with E-state index in [-0.39, 0.29) is 28.3 Å². The van der Waals surface area contributed by atoms with Crippen molar-refractivity contribution in [2.45, 2.75) is 104 Å². The first-order valence-electron chi connectivity index (χ1n) is 12.5. The third-order valence-electron chi connectivity index (χ3n) is 11.6. The summed E-state index contributed by atoms with van der Waals surface area (Å²) in [5.74, 6) is 3.17. The molecule has 164 valence electrons. The Hall–Kier alpha value is -0.410. The summed E-state index contributed by atoms with van der Waals surface area (Å²) in [7, 11) is 1.70. The molecule has 0 aromatic rings. The molecule has 5 rings (SSSR count). The molecule has 0 aromatic heterocycles. The van der Waals surface area contributed by atoms with E-state index < -0.39 is 5.60 Å². The van der Waals surface area contributed by atoms with Crippen LogP contribution in [0.2, 0.25) is 0 Å². The molecule has 5 fully saturated rings. The molecule has 0 heterocycles. The van der Waals surface area contributed by atoms with Gasteiger partial charge >= 0.3 is 0 Å². The third kappa shape index (κ3) is 2.11. The van der Waals surface area contributed by atoms with Gasteiger partial charge in [-0.1, -0.05) is 47.0 Å². The summed E-state index contributed by atoms with van der Waals surface area (Å²) in [5.41, 5.74) is -1.11. The van der Waals surface area contributed by atoms with E-state index in [4.69, 9.17) is 4.74 Å². The SMILES string of the molecule is COC1CC(=O)C2C34CCC5C(CCC(C)C)CCCC5C3(C)C(C)(CC4)C12O. The van der Waals surface area contributed by atoms with E-state index >= 15 is 0 Å². The molecule has 0 spiro atoms. The molecule has 0 aliphatic heterocycles. The second-order valence-corrected chi connectivity index (χ2v) is 12.3. The predicted octanol–water partition coefficient (Wildman–Crippen LogP) is 5.39. The number of hydrogen-bond acceptors (Lipinski definition) is 3. The normalized spacial score (nSPS) is 55.8. The summed E-state index contributed by atoms with van der Waals surface area (Å²) in [4.78, 5) is 13.3. The Labute approximate surface area is 177 Å². The van der Waals surface area contributed by atoms with Crippen molar-refractivity contribution in [1.29, 1.82) is 0 Å². The number of carbonyl (C=O) groups excluding carboxylic acids is 1. The van der Waals surface area contributed by atoms with Crippen LogP contribution in [0.1, 0.15) is 91.9 Å². The van der Waals surface area contributed by atoms with Gasteiger partial charge < -0.3 is 9.84 Å². The molecule has 9 atom stereocenters. The molecule has 9 unspecified atom stereocenters. The zero-order valence-corrected chi connectivity index (χ0v) is 19.3. The van der Waals surface area contributed by atoms with E-state index in [0.29, 0.717) is 18.1 Å². The number of ether oxygens (including phenoxy) is 1. The van der Waals surface area contributed by atoms with Gasteiger partial charge in [-0.25, -0.2) is 0 Å². The van der Waals surface area contributed by atoms with Crippen LogP contribution in [0.3, 0.4) is 0 Å². The highest BCUT2D eigenvalue weighted by Crippen LogP contribution is 2.86. The molecule has 2 bridgehead atoms. The van der Waals surface area contributed by atoms with Crippen molar-refractivity contribution in [2.75, 3.05) is 7.11 Å². The quantitative estimate of drug-likeness (QED) is 0.686. The number of rotatable bonds is 4. The number of fused-ring (bicyclic) bond motifs is 3. The molecule has 0 aromatic carbocycles. The summed E-state index contributed by atoms with van der Waals surface area (Å²) in [6.07, 6.45) is 11.4. The first-order chi connectivity index (χ1) is 13.7. The van der Waals surface area contributed by atoms with Gasteiger partial charge in [0.15, 0.2) is 0 Å². The zero-order valence-electron chi connectivity index (χ0n) is 19.3. The Bertz CT molecular complexity index is 702. The van der Waals surface area contributed by atoms with Gasteiger partial charge in [-0.05, 0) is 73.0 Å². The lowest BCUT2D eigenvalue weighted by atomic mass is 9.44. The second-order valence-electron chi connectivity index (χ2n) is 12.3. The lowest BCUT2D eigenvalue weighted by Crippen LogP contribution is -2.58. The summed E-state index contributed by atoms with van der Waals surface area (Å²) >= 11 is 0. The monoisotopic (exact) mass is 402 g/mol. The molecular formula is C26H42O3. The van der Waals surface area contributed by atoms with Crippen molar-refractivity contribution in [3.8, 4) is 0 Å². The van der Waals surface area contributed by atoms with Gasteiger partial charge in [0.1, 0.15) is 11.4 Å². The van der Waals surface area contributed by atoms with E-state index in [2.05, 4.69) is 27.7 Å². The molecule has 29 heavy (non-hydrogen) atoms. The van der Waals surface area contributed by atoms with Crippen molar-refractivity contribution < 1.29 is 14.6 Å². The molecule has 0 radical (unpaired) electrons. The minimum absolute atomic E-state index is 0.00195.